The van der Waals surface area contributed by atoms with Crippen molar-refractivity contribution in [3.05, 3.63) is 42.1 Å². The van der Waals surface area contributed by atoms with Crippen molar-refractivity contribution in [2.75, 3.05) is 7.11 Å². The molecule has 2 aromatic rings. The summed E-state index contributed by atoms with van der Waals surface area (Å²) >= 11 is 0. The van der Waals surface area contributed by atoms with Gasteiger partial charge in [0, 0.05) is 17.2 Å². The van der Waals surface area contributed by atoms with Gasteiger partial charge in [-0.05, 0) is 45.4 Å². The van der Waals surface area contributed by atoms with Crippen LogP contribution < -0.4 is 10.2 Å². The van der Waals surface area contributed by atoms with E-state index in [4.69, 9.17) is 14.0 Å². The van der Waals surface area contributed by atoms with Crippen molar-refractivity contribution in [1.82, 2.24) is 4.98 Å². The fourth-order valence-electron chi connectivity index (χ4n) is 3.04. The van der Waals surface area contributed by atoms with E-state index in [0.717, 1.165) is 22.5 Å². The SMILES string of the molecule is BC(B)(B)c1ccc(-c2ccc(B3OC(C)(C)C(C)(C)O3)c(OC)c2)nc1. The van der Waals surface area contributed by atoms with E-state index in [1.165, 1.54) is 5.56 Å². The highest BCUT2D eigenvalue weighted by Gasteiger charge is 2.52. The lowest BCUT2D eigenvalue weighted by molar-refractivity contribution is 0.00578. The lowest BCUT2D eigenvalue weighted by Gasteiger charge is -2.32. The van der Waals surface area contributed by atoms with Crippen LogP contribution in [-0.2, 0) is 14.4 Å². The van der Waals surface area contributed by atoms with E-state index >= 15 is 0 Å². The van der Waals surface area contributed by atoms with Crippen molar-refractivity contribution < 1.29 is 14.0 Å². The third kappa shape index (κ3) is 3.83. The van der Waals surface area contributed by atoms with Crippen molar-refractivity contribution in [3.63, 3.8) is 0 Å². The van der Waals surface area contributed by atoms with Gasteiger partial charge in [-0.2, -0.15) is 0 Å². The minimum atomic E-state index is -0.449. The second kappa shape index (κ2) is 6.75. The van der Waals surface area contributed by atoms with Crippen molar-refractivity contribution in [2.24, 2.45) is 0 Å². The van der Waals surface area contributed by atoms with Gasteiger partial charge in [-0.1, -0.05) is 23.3 Å². The highest BCUT2D eigenvalue weighted by Crippen LogP contribution is 2.37. The Labute approximate surface area is 165 Å². The van der Waals surface area contributed by atoms with Gasteiger partial charge >= 0.3 is 7.12 Å². The van der Waals surface area contributed by atoms with Crippen LogP contribution in [-0.4, -0.2) is 54.0 Å². The molecule has 27 heavy (non-hydrogen) atoms. The van der Waals surface area contributed by atoms with Crippen LogP contribution in [0.1, 0.15) is 33.3 Å². The van der Waals surface area contributed by atoms with Crippen LogP contribution >= 0.6 is 0 Å². The first-order chi connectivity index (χ1) is 12.4. The van der Waals surface area contributed by atoms with Crippen LogP contribution in [0.25, 0.3) is 11.3 Å². The van der Waals surface area contributed by atoms with Crippen molar-refractivity contribution in [3.8, 4) is 17.0 Å². The summed E-state index contributed by atoms with van der Waals surface area (Å²) in [5.41, 5.74) is 3.27. The third-order valence-corrected chi connectivity index (χ3v) is 5.67. The van der Waals surface area contributed by atoms with E-state index in [1.54, 1.807) is 7.11 Å². The minimum absolute atomic E-state index is 0.0871. The second-order valence-corrected chi connectivity index (χ2v) is 9.23. The largest absolute Gasteiger partial charge is 0.498 e. The van der Waals surface area contributed by atoms with E-state index in [1.807, 2.05) is 24.4 Å². The molecular weight excluding hydrogens is 333 g/mol. The molecule has 3 rings (SSSR count). The Balaban J connectivity index is 1.92. The summed E-state index contributed by atoms with van der Waals surface area (Å²) in [7, 11) is 7.78. The first-order valence-electron chi connectivity index (χ1n) is 9.45. The number of aromatic nitrogens is 1. The molecule has 138 valence electrons. The summed E-state index contributed by atoms with van der Waals surface area (Å²) in [5.74, 6) is 0.743. The molecule has 0 aliphatic carbocycles. The van der Waals surface area contributed by atoms with Gasteiger partial charge in [-0.25, -0.2) is 0 Å². The average molecular weight is 361 g/mol. The average Bonchev–Trinajstić information content (AvgIpc) is 2.81. The van der Waals surface area contributed by atoms with Gasteiger partial charge < -0.3 is 14.0 Å². The second-order valence-electron chi connectivity index (χ2n) is 9.23. The summed E-state index contributed by atoms with van der Waals surface area (Å²) in [6, 6.07) is 10.2. The van der Waals surface area contributed by atoms with Gasteiger partial charge in [0.15, 0.2) is 0 Å². The Morgan fingerprint density at radius 2 is 1.63 bits per heavy atom. The lowest BCUT2D eigenvalue weighted by atomic mass is 9.40. The van der Waals surface area contributed by atoms with Crippen molar-refractivity contribution in [1.29, 1.82) is 0 Å². The number of rotatable bonds is 4. The maximum Gasteiger partial charge on any atom is 0.498 e. The fourth-order valence-corrected chi connectivity index (χ4v) is 3.04. The molecule has 0 unspecified atom stereocenters. The zero-order valence-electron chi connectivity index (χ0n) is 17.7. The molecule has 1 aliphatic rings. The number of hydrogen-bond donors (Lipinski definition) is 0. The monoisotopic (exact) mass is 361 g/mol. The maximum atomic E-state index is 6.17. The van der Waals surface area contributed by atoms with Gasteiger partial charge in [0.05, 0.1) is 47.5 Å². The molecule has 0 atom stereocenters. The Kier molecular flexibility index (Phi) is 5.02. The summed E-state index contributed by atoms with van der Waals surface area (Å²) in [6.45, 7) is 8.20. The van der Waals surface area contributed by atoms with E-state index < -0.39 is 7.12 Å². The molecule has 0 radical (unpaired) electrons. The molecule has 1 aromatic heterocycles. The van der Waals surface area contributed by atoms with Crippen LogP contribution in [0.15, 0.2) is 36.5 Å². The highest BCUT2D eigenvalue weighted by molar-refractivity contribution is 6.63. The summed E-state index contributed by atoms with van der Waals surface area (Å²) < 4.78 is 18.0. The van der Waals surface area contributed by atoms with Crippen LogP contribution in [0.5, 0.6) is 5.75 Å². The summed E-state index contributed by atoms with van der Waals surface area (Å²) in [6.07, 6.45) is 1.95. The van der Waals surface area contributed by atoms with Gasteiger partial charge in [-0.15, -0.1) is 0 Å². The molecule has 1 saturated heterocycles. The summed E-state index contributed by atoms with van der Waals surface area (Å²) in [4.78, 5) is 4.65. The quantitative estimate of drug-likeness (QED) is 0.724. The molecule has 4 nitrogen and oxygen atoms in total. The number of hydrogen-bond acceptors (Lipinski definition) is 4. The molecule has 0 N–H and O–H groups in total. The van der Waals surface area contributed by atoms with Crippen LogP contribution in [0.4, 0.5) is 0 Å². The molecule has 1 aliphatic heterocycles. The van der Waals surface area contributed by atoms with Crippen molar-refractivity contribution in [2.45, 2.75) is 44.0 Å². The molecule has 1 fully saturated rings. The Morgan fingerprint density at radius 1 is 1.00 bits per heavy atom. The standard InChI is InChI=1S/C19H27B4NO3/c1-17(2)18(3,4)27-23(26-17)14-8-6-12(10-16(14)25-5)15-9-7-13(11-24-15)19(20,21)22/h6-11H,20-22H2,1-5H3. The Morgan fingerprint density at radius 3 is 2.11 bits per heavy atom. The Bertz CT molecular complexity index is 816. The first kappa shape index (κ1) is 20.1. The highest BCUT2D eigenvalue weighted by atomic mass is 16.7. The van der Waals surface area contributed by atoms with Crippen LogP contribution in [0.3, 0.4) is 0 Å². The van der Waals surface area contributed by atoms with E-state index in [2.05, 4.69) is 68.4 Å². The predicted molar refractivity (Wildman–Crippen MR) is 119 cm³/mol. The van der Waals surface area contributed by atoms with Crippen LogP contribution in [0, 0.1) is 0 Å². The van der Waals surface area contributed by atoms with Gasteiger partial charge in [0.1, 0.15) is 5.75 Å². The number of methoxy groups -OCH3 is 1. The number of ether oxygens (including phenoxy) is 1. The number of nitrogens with zero attached hydrogens (tertiary/aromatic N) is 1. The zero-order chi connectivity index (χ0) is 20.0. The van der Waals surface area contributed by atoms with Gasteiger partial charge in [-0.3, -0.25) is 4.98 Å². The molecule has 2 heterocycles. The molecule has 0 saturated carbocycles. The van der Waals surface area contributed by atoms with Gasteiger partial charge in [0.2, 0.25) is 0 Å². The normalized spacial score (nSPS) is 18.5. The smallest absolute Gasteiger partial charge is 0.497 e. The van der Waals surface area contributed by atoms with Crippen molar-refractivity contribution >= 4 is 36.1 Å². The molecule has 1 aromatic carbocycles. The molecule has 0 spiro atoms. The van der Waals surface area contributed by atoms with Gasteiger partial charge in [0.25, 0.3) is 0 Å². The number of benzene rings is 1. The third-order valence-electron chi connectivity index (χ3n) is 5.67. The van der Waals surface area contributed by atoms with E-state index in [-0.39, 0.29) is 16.3 Å². The molecule has 0 bridgehead atoms. The zero-order valence-corrected chi connectivity index (χ0v) is 17.7. The lowest BCUT2D eigenvalue weighted by Crippen LogP contribution is -2.41. The van der Waals surface area contributed by atoms with E-state index in [9.17, 15) is 0 Å². The predicted octanol–water partition coefficient (Wildman–Crippen LogP) is 0.0660. The number of pyridine rings is 1. The minimum Gasteiger partial charge on any atom is -0.497 e. The topological polar surface area (TPSA) is 40.6 Å². The molecular formula is C19H27B4NO3. The summed E-state index contributed by atoms with van der Waals surface area (Å²) in [5, 5.41) is 0.0871. The molecule has 0 amide bonds. The van der Waals surface area contributed by atoms with Crippen LogP contribution in [0.2, 0.25) is 0 Å². The molecule has 8 heteroatoms. The Hall–Kier alpha value is -1.65. The fraction of sp³-hybridized carbons (Fsp3) is 0.421. The first-order valence-corrected chi connectivity index (χ1v) is 9.45. The van der Waals surface area contributed by atoms with E-state index in [0.29, 0.717) is 0 Å². The maximum absolute atomic E-state index is 6.17.